The van der Waals surface area contributed by atoms with Gasteiger partial charge in [-0.2, -0.15) is 0 Å². The molecule has 0 spiro atoms. The number of aliphatic hydroxyl groups is 1. The zero-order valence-corrected chi connectivity index (χ0v) is 11.2. The fourth-order valence-electron chi connectivity index (χ4n) is 2.88. The van der Waals surface area contributed by atoms with Gasteiger partial charge in [0, 0.05) is 19.1 Å². The van der Waals surface area contributed by atoms with Crippen molar-refractivity contribution in [1.82, 2.24) is 9.80 Å². The number of hydrogen-bond donors (Lipinski definition) is 1. The quantitative estimate of drug-likeness (QED) is 0.799. The number of carbonyl (C=O) groups excluding carboxylic acids is 1. The fourth-order valence-corrected chi connectivity index (χ4v) is 2.88. The van der Waals surface area contributed by atoms with Crippen LogP contribution in [0.3, 0.4) is 0 Å². The number of rotatable bonds is 5. The van der Waals surface area contributed by atoms with E-state index >= 15 is 0 Å². The molecular formula is C13H24N2O3. The molecule has 0 aliphatic carbocycles. The van der Waals surface area contributed by atoms with Crippen LogP contribution in [0.5, 0.6) is 0 Å². The van der Waals surface area contributed by atoms with Crippen LogP contribution in [0.2, 0.25) is 0 Å². The van der Waals surface area contributed by atoms with E-state index in [4.69, 9.17) is 4.74 Å². The highest BCUT2D eigenvalue weighted by Crippen LogP contribution is 2.21. The summed E-state index contributed by atoms with van der Waals surface area (Å²) in [6.45, 7) is 5.83. The Hall–Kier alpha value is -0.810. The summed E-state index contributed by atoms with van der Waals surface area (Å²) >= 11 is 0. The lowest BCUT2D eigenvalue weighted by molar-refractivity contribution is 0.0213. The highest BCUT2D eigenvalue weighted by atomic mass is 16.6. The maximum Gasteiger partial charge on any atom is 0.409 e. The molecule has 0 aromatic rings. The summed E-state index contributed by atoms with van der Waals surface area (Å²) < 4.78 is 4.92. The van der Waals surface area contributed by atoms with Gasteiger partial charge in [0.05, 0.1) is 12.6 Å². The molecule has 2 aliphatic rings. The summed E-state index contributed by atoms with van der Waals surface area (Å²) in [7, 11) is 0. The van der Waals surface area contributed by atoms with E-state index in [0.29, 0.717) is 19.7 Å². The standard InChI is InChI=1S/C13H24N2O3/c1-2-12(16)11-5-3-4-6-14(11)7-8-15-9-10-18-13(15)17/h11-12,16H,2-10H2,1H3/t11-,12+/m0/s1. The van der Waals surface area contributed by atoms with E-state index in [2.05, 4.69) is 4.90 Å². The Morgan fingerprint density at radius 1 is 1.39 bits per heavy atom. The van der Waals surface area contributed by atoms with Crippen LogP contribution < -0.4 is 0 Å². The SMILES string of the molecule is CC[C@@H](O)[C@@H]1CCCCN1CCN1CCOC1=O. The number of piperidine rings is 1. The van der Waals surface area contributed by atoms with E-state index in [1.165, 1.54) is 12.8 Å². The predicted molar refractivity (Wildman–Crippen MR) is 68.4 cm³/mol. The average Bonchev–Trinajstić information content (AvgIpc) is 2.81. The molecule has 1 N–H and O–H groups in total. The van der Waals surface area contributed by atoms with E-state index in [-0.39, 0.29) is 18.2 Å². The largest absolute Gasteiger partial charge is 0.448 e. The number of amides is 1. The number of aliphatic hydroxyl groups excluding tert-OH is 1. The van der Waals surface area contributed by atoms with Crippen molar-refractivity contribution in [2.24, 2.45) is 0 Å². The first kappa shape index (κ1) is 13.6. The zero-order valence-electron chi connectivity index (χ0n) is 11.2. The van der Waals surface area contributed by atoms with Crippen molar-refractivity contribution in [3.05, 3.63) is 0 Å². The van der Waals surface area contributed by atoms with Gasteiger partial charge in [0.15, 0.2) is 0 Å². The van der Waals surface area contributed by atoms with Crippen LogP contribution in [0.1, 0.15) is 32.6 Å². The number of likely N-dealkylation sites (tertiary alicyclic amines) is 1. The molecule has 1 amide bonds. The van der Waals surface area contributed by atoms with Gasteiger partial charge in [0.25, 0.3) is 0 Å². The van der Waals surface area contributed by atoms with Crippen molar-refractivity contribution < 1.29 is 14.6 Å². The minimum absolute atomic E-state index is 0.195. The highest BCUT2D eigenvalue weighted by molar-refractivity contribution is 5.69. The van der Waals surface area contributed by atoms with Gasteiger partial charge in [-0.1, -0.05) is 13.3 Å². The molecule has 0 bridgehead atoms. The van der Waals surface area contributed by atoms with Gasteiger partial charge >= 0.3 is 6.09 Å². The molecule has 104 valence electrons. The van der Waals surface area contributed by atoms with Gasteiger partial charge in [0.1, 0.15) is 6.61 Å². The second-order valence-electron chi connectivity index (χ2n) is 5.18. The van der Waals surface area contributed by atoms with Gasteiger partial charge in [0.2, 0.25) is 0 Å². The number of carbonyl (C=O) groups is 1. The molecule has 2 heterocycles. The Kier molecular flexibility index (Phi) is 4.83. The second kappa shape index (κ2) is 6.38. The molecular weight excluding hydrogens is 232 g/mol. The lowest BCUT2D eigenvalue weighted by Gasteiger charge is -2.38. The van der Waals surface area contributed by atoms with Gasteiger partial charge in [-0.05, 0) is 25.8 Å². The van der Waals surface area contributed by atoms with Gasteiger partial charge < -0.3 is 14.7 Å². The summed E-state index contributed by atoms with van der Waals surface area (Å²) in [6, 6.07) is 0.266. The highest BCUT2D eigenvalue weighted by Gasteiger charge is 2.29. The lowest BCUT2D eigenvalue weighted by atomic mass is 9.96. The molecule has 0 radical (unpaired) electrons. The molecule has 5 nitrogen and oxygen atoms in total. The predicted octanol–water partition coefficient (Wildman–Crippen LogP) is 1.06. The molecule has 0 aromatic heterocycles. The van der Waals surface area contributed by atoms with E-state index in [1.54, 1.807) is 4.90 Å². The van der Waals surface area contributed by atoms with Crippen LogP contribution in [0.15, 0.2) is 0 Å². The first-order valence-corrected chi connectivity index (χ1v) is 7.06. The van der Waals surface area contributed by atoms with Crippen molar-refractivity contribution in [2.45, 2.75) is 44.8 Å². The van der Waals surface area contributed by atoms with Gasteiger partial charge in [-0.25, -0.2) is 4.79 Å². The summed E-state index contributed by atoms with van der Waals surface area (Å²) in [5.41, 5.74) is 0. The maximum atomic E-state index is 11.4. The number of nitrogens with zero attached hydrogens (tertiary/aromatic N) is 2. The second-order valence-corrected chi connectivity index (χ2v) is 5.18. The molecule has 2 atom stereocenters. The number of ether oxygens (including phenoxy) is 1. The molecule has 0 unspecified atom stereocenters. The zero-order chi connectivity index (χ0) is 13.0. The molecule has 5 heteroatoms. The van der Waals surface area contributed by atoms with E-state index in [0.717, 1.165) is 25.9 Å². The van der Waals surface area contributed by atoms with Crippen molar-refractivity contribution in [3.63, 3.8) is 0 Å². The first-order valence-electron chi connectivity index (χ1n) is 7.06. The monoisotopic (exact) mass is 256 g/mol. The molecule has 2 aliphatic heterocycles. The molecule has 18 heavy (non-hydrogen) atoms. The van der Waals surface area contributed by atoms with Crippen LogP contribution in [0, 0.1) is 0 Å². The van der Waals surface area contributed by atoms with E-state index < -0.39 is 0 Å². The average molecular weight is 256 g/mol. The summed E-state index contributed by atoms with van der Waals surface area (Å²) in [6.07, 6.45) is 3.82. The Balaban J connectivity index is 1.83. The van der Waals surface area contributed by atoms with Crippen LogP contribution in [-0.2, 0) is 4.74 Å². The van der Waals surface area contributed by atoms with E-state index in [1.807, 2.05) is 6.92 Å². The van der Waals surface area contributed by atoms with Gasteiger partial charge in [-0.15, -0.1) is 0 Å². The molecule has 0 aromatic carbocycles. The maximum absolute atomic E-state index is 11.4. The minimum Gasteiger partial charge on any atom is -0.448 e. The number of cyclic esters (lactones) is 1. The third kappa shape index (κ3) is 3.14. The van der Waals surface area contributed by atoms with Crippen molar-refractivity contribution >= 4 is 6.09 Å². The third-order valence-corrected chi connectivity index (χ3v) is 4.03. The Morgan fingerprint density at radius 3 is 2.89 bits per heavy atom. The topological polar surface area (TPSA) is 53.0 Å². The van der Waals surface area contributed by atoms with E-state index in [9.17, 15) is 9.90 Å². The first-order chi connectivity index (χ1) is 8.72. The Bertz CT molecular complexity index is 285. The van der Waals surface area contributed by atoms with Crippen molar-refractivity contribution in [2.75, 3.05) is 32.8 Å². The molecule has 2 saturated heterocycles. The smallest absolute Gasteiger partial charge is 0.409 e. The van der Waals surface area contributed by atoms with Crippen LogP contribution in [-0.4, -0.2) is 65.9 Å². The van der Waals surface area contributed by atoms with Crippen LogP contribution in [0.25, 0.3) is 0 Å². The minimum atomic E-state index is -0.240. The number of hydrogen-bond acceptors (Lipinski definition) is 4. The Labute approximate surface area is 109 Å². The van der Waals surface area contributed by atoms with Crippen LogP contribution in [0.4, 0.5) is 4.79 Å². The molecule has 2 rings (SSSR count). The molecule has 0 saturated carbocycles. The third-order valence-electron chi connectivity index (χ3n) is 4.03. The summed E-state index contributed by atoms with van der Waals surface area (Å²) in [5.74, 6) is 0. The normalized spacial score (nSPS) is 27.3. The van der Waals surface area contributed by atoms with Crippen LogP contribution >= 0.6 is 0 Å². The summed E-state index contributed by atoms with van der Waals surface area (Å²) in [4.78, 5) is 15.4. The van der Waals surface area contributed by atoms with Crippen molar-refractivity contribution in [3.8, 4) is 0 Å². The van der Waals surface area contributed by atoms with Crippen molar-refractivity contribution in [1.29, 1.82) is 0 Å². The fraction of sp³-hybridized carbons (Fsp3) is 0.923. The van der Waals surface area contributed by atoms with Gasteiger partial charge in [-0.3, -0.25) is 4.90 Å². The molecule has 2 fully saturated rings. The lowest BCUT2D eigenvalue weighted by Crippen LogP contribution is -2.49. The Morgan fingerprint density at radius 2 is 2.22 bits per heavy atom. The summed E-state index contributed by atoms with van der Waals surface area (Å²) in [5, 5.41) is 10.1.